The van der Waals surface area contributed by atoms with Crippen LogP contribution < -0.4 is 4.72 Å². The Kier molecular flexibility index (Phi) is 3.93. The molecule has 26 heavy (non-hydrogen) atoms. The zero-order valence-electron chi connectivity index (χ0n) is 14.4. The van der Waals surface area contributed by atoms with E-state index in [9.17, 15) is 8.42 Å². The monoisotopic (exact) mass is 407 g/mol. The van der Waals surface area contributed by atoms with Gasteiger partial charge >= 0.3 is 0 Å². The van der Waals surface area contributed by atoms with E-state index in [1.54, 1.807) is 12.1 Å². The summed E-state index contributed by atoms with van der Waals surface area (Å²) in [6.45, 7) is 0. The van der Waals surface area contributed by atoms with Crippen molar-refractivity contribution in [3.63, 3.8) is 0 Å². The summed E-state index contributed by atoms with van der Waals surface area (Å²) in [5.74, 6) is 2.72. The molecule has 0 saturated heterocycles. The van der Waals surface area contributed by atoms with Gasteiger partial charge in [-0.2, -0.15) is 0 Å². The fourth-order valence-electron chi connectivity index (χ4n) is 6.00. The third kappa shape index (κ3) is 2.88. The van der Waals surface area contributed by atoms with Gasteiger partial charge in [-0.15, -0.1) is 11.3 Å². The molecule has 4 aliphatic carbocycles. The molecule has 138 valence electrons. The van der Waals surface area contributed by atoms with Gasteiger partial charge in [0.05, 0.1) is 4.34 Å². The summed E-state index contributed by atoms with van der Waals surface area (Å²) in [5.41, 5.74) is 2.36. The summed E-state index contributed by atoms with van der Waals surface area (Å²) in [6, 6.07) is 11.3. The summed E-state index contributed by atoms with van der Waals surface area (Å²) < 4.78 is 28.3. The first-order valence-corrected chi connectivity index (χ1v) is 12.0. The van der Waals surface area contributed by atoms with Gasteiger partial charge in [0.25, 0.3) is 10.0 Å². The van der Waals surface area contributed by atoms with Gasteiger partial charge in [0.15, 0.2) is 0 Å². The van der Waals surface area contributed by atoms with Crippen LogP contribution in [-0.4, -0.2) is 8.42 Å². The molecule has 0 spiro atoms. The van der Waals surface area contributed by atoms with Crippen molar-refractivity contribution < 1.29 is 8.42 Å². The first-order valence-electron chi connectivity index (χ1n) is 9.31. The zero-order valence-corrected chi connectivity index (χ0v) is 16.8. The number of anilines is 1. The molecule has 1 aromatic carbocycles. The van der Waals surface area contributed by atoms with Crippen LogP contribution in [0.2, 0.25) is 4.34 Å². The second-order valence-corrected chi connectivity index (χ2v) is 12.1. The van der Waals surface area contributed by atoms with E-state index in [0.717, 1.165) is 29.1 Å². The Bertz CT molecular complexity index is 898. The number of halogens is 1. The minimum atomic E-state index is -3.57. The van der Waals surface area contributed by atoms with Crippen molar-refractivity contribution in [1.29, 1.82) is 0 Å². The minimum absolute atomic E-state index is 0.243. The molecule has 0 amide bonds. The fourth-order valence-corrected chi connectivity index (χ4v) is 8.54. The average molecular weight is 408 g/mol. The lowest BCUT2D eigenvalue weighted by Gasteiger charge is -2.57. The molecule has 2 aromatic rings. The summed E-state index contributed by atoms with van der Waals surface area (Å²) >= 11 is 6.94. The molecule has 0 aliphatic heterocycles. The highest BCUT2D eigenvalue weighted by Gasteiger charge is 2.51. The molecule has 4 fully saturated rings. The quantitative estimate of drug-likeness (QED) is 0.709. The van der Waals surface area contributed by atoms with Crippen LogP contribution in [0.5, 0.6) is 0 Å². The third-order valence-corrected chi connectivity index (χ3v) is 9.71. The maximum atomic E-state index is 12.5. The summed E-state index contributed by atoms with van der Waals surface area (Å²) in [4.78, 5) is 0. The van der Waals surface area contributed by atoms with Gasteiger partial charge in [-0.3, -0.25) is 4.72 Å². The molecule has 0 atom stereocenters. The smallest absolute Gasteiger partial charge is 0.271 e. The Labute approximate surface area is 163 Å². The SMILES string of the molecule is O=S(=O)(Nc1ccc(C23CC4CC(CC(C4)C2)C3)cc1)c1ccc(Cl)s1. The lowest BCUT2D eigenvalue weighted by Crippen LogP contribution is -2.48. The van der Waals surface area contributed by atoms with E-state index in [0.29, 0.717) is 15.4 Å². The van der Waals surface area contributed by atoms with Crippen molar-refractivity contribution in [1.82, 2.24) is 0 Å². The molecule has 0 unspecified atom stereocenters. The van der Waals surface area contributed by atoms with Crippen LogP contribution in [0.25, 0.3) is 0 Å². The summed E-state index contributed by atoms with van der Waals surface area (Å²) in [5, 5.41) is 0. The van der Waals surface area contributed by atoms with E-state index < -0.39 is 10.0 Å². The van der Waals surface area contributed by atoms with E-state index in [1.807, 2.05) is 12.1 Å². The van der Waals surface area contributed by atoms with Gasteiger partial charge in [0.2, 0.25) is 0 Å². The van der Waals surface area contributed by atoms with Gasteiger partial charge in [-0.25, -0.2) is 8.42 Å². The highest BCUT2D eigenvalue weighted by Crippen LogP contribution is 2.60. The molecule has 1 N–H and O–H groups in total. The highest BCUT2D eigenvalue weighted by molar-refractivity contribution is 7.94. The van der Waals surface area contributed by atoms with E-state index in [1.165, 1.54) is 44.1 Å². The lowest BCUT2D eigenvalue weighted by atomic mass is 9.48. The van der Waals surface area contributed by atoms with Gasteiger partial charge in [0.1, 0.15) is 4.21 Å². The third-order valence-electron chi connectivity index (χ3n) is 6.60. The standard InChI is InChI=1S/C20H22ClNO2S2/c21-18-5-6-19(25-18)26(23,24)22-17-3-1-16(2-4-17)20-10-13-7-14(11-20)9-15(8-13)12-20/h1-6,13-15,22H,7-12H2. The molecule has 6 rings (SSSR count). The Morgan fingerprint density at radius 3 is 2.00 bits per heavy atom. The molecule has 4 saturated carbocycles. The lowest BCUT2D eigenvalue weighted by molar-refractivity contribution is -0.00518. The maximum Gasteiger partial charge on any atom is 0.271 e. The van der Waals surface area contributed by atoms with E-state index in [2.05, 4.69) is 16.9 Å². The minimum Gasteiger partial charge on any atom is -0.279 e. The van der Waals surface area contributed by atoms with Crippen LogP contribution in [0, 0.1) is 17.8 Å². The number of thiophene rings is 1. The Morgan fingerprint density at radius 1 is 0.923 bits per heavy atom. The molecule has 4 bridgehead atoms. The van der Waals surface area contributed by atoms with Crippen LogP contribution >= 0.6 is 22.9 Å². The van der Waals surface area contributed by atoms with E-state index in [-0.39, 0.29) is 4.21 Å². The summed E-state index contributed by atoms with van der Waals surface area (Å²) in [7, 11) is -3.57. The number of rotatable bonds is 4. The van der Waals surface area contributed by atoms with E-state index in [4.69, 9.17) is 11.6 Å². The predicted molar refractivity (Wildman–Crippen MR) is 106 cm³/mol. The highest BCUT2D eigenvalue weighted by atomic mass is 35.5. The largest absolute Gasteiger partial charge is 0.279 e. The van der Waals surface area contributed by atoms with Crippen molar-refractivity contribution in [3.8, 4) is 0 Å². The Hall–Kier alpha value is -1.04. The molecular weight excluding hydrogens is 386 g/mol. The second-order valence-electron chi connectivity index (χ2n) is 8.44. The predicted octanol–water partition coefficient (Wildman–Crippen LogP) is 5.67. The molecule has 6 heteroatoms. The topological polar surface area (TPSA) is 46.2 Å². The second kappa shape index (κ2) is 5.98. The normalized spacial score (nSPS) is 32.7. The van der Waals surface area contributed by atoms with Gasteiger partial charge in [0, 0.05) is 5.69 Å². The van der Waals surface area contributed by atoms with Crippen LogP contribution in [0.15, 0.2) is 40.6 Å². The summed E-state index contributed by atoms with van der Waals surface area (Å²) in [6.07, 6.45) is 8.24. The van der Waals surface area contributed by atoms with Gasteiger partial charge in [-0.05, 0) is 91.5 Å². The maximum absolute atomic E-state index is 12.5. The first kappa shape index (κ1) is 17.1. The molecule has 4 aliphatic rings. The van der Waals surface area contributed by atoms with Crippen LogP contribution in [0.1, 0.15) is 44.1 Å². The number of nitrogens with one attached hydrogen (secondary N) is 1. The van der Waals surface area contributed by atoms with Crippen molar-refractivity contribution in [3.05, 3.63) is 46.3 Å². The van der Waals surface area contributed by atoms with Crippen LogP contribution in [0.4, 0.5) is 5.69 Å². The zero-order chi connectivity index (χ0) is 17.9. The average Bonchev–Trinajstić information content (AvgIpc) is 3.01. The first-order chi connectivity index (χ1) is 12.4. The van der Waals surface area contributed by atoms with Gasteiger partial charge < -0.3 is 0 Å². The number of sulfonamides is 1. The number of benzene rings is 1. The molecule has 1 aromatic heterocycles. The Balaban J connectivity index is 1.38. The van der Waals surface area contributed by atoms with Crippen molar-refractivity contribution >= 4 is 38.6 Å². The number of hydrogen-bond acceptors (Lipinski definition) is 3. The molecule has 0 radical (unpaired) electrons. The molecule has 3 nitrogen and oxygen atoms in total. The Morgan fingerprint density at radius 2 is 1.50 bits per heavy atom. The van der Waals surface area contributed by atoms with Crippen LogP contribution in [-0.2, 0) is 15.4 Å². The van der Waals surface area contributed by atoms with Crippen LogP contribution in [0.3, 0.4) is 0 Å². The van der Waals surface area contributed by atoms with Crippen molar-refractivity contribution in [2.24, 2.45) is 17.8 Å². The number of hydrogen-bond donors (Lipinski definition) is 1. The van der Waals surface area contributed by atoms with E-state index >= 15 is 0 Å². The van der Waals surface area contributed by atoms with Crippen molar-refractivity contribution in [2.75, 3.05) is 4.72 Å². The fraction of sp³-hybridized carbons (Fsp3) is 0.500. The molecular formula is C20H22ClNO2S2. The van der Waals surface area contributed by atoms with Crippen molar-refractivity contribution in [2.45, 2.75) is 48.1 Å². The molecule has 1 heterocycles. The van der Waals surface area contributed by atoms with Gasteiger partial charge in [-0.1, -0.05) is 23.7 Å².